The molecule has 0 bridgehead atoms. The van der Waals surface area contributed by atoms with Crippen LogP contribution in [0.15, 0.2) is 0 Å². The Morgan fingerprint density at radius 1 is 1.54 bits per heavy atom. The van der Waals surface area contributed by atoms with E-state index in [9.17, 15) is 4.79 Å². The van der Waals surface area contributed by atoms with Gasteiger partial charge >= 0.3 is 5.97 Å². The van der Waals surface area contributed by atoms with Crippen LogP contribution in [-0.4, -0.2) is 19.1 Å². The Hall–Kier alpha value is -0.570. The minimum absolute atomic E-state index is 0.0949. The highest BCUT2D eigenvalue weighted by atomic mass is 16.5. The zero-order valence-corrected chi connectivity index (χ0v) is 8.51. The summed E-state index contributed by atoms with van der Waals surface area (Å²) in [5, 5.41) is 0. The van der Waals surface area contributed by atoms with Crippen molar-refractivity contribution in [3.05, 3.63) is 0 Å². The molecule has 0 saturated heterocycles. The molecule has 1 atom stereocenters. The van der Waals surface area contributed by atoms with Gasteiger partial charge in [0.15, 0.2) is 0 Å². The van der Waals surface area contributed by atoms with Crippen LogP contribution in [0.1, 0.15) is 33.1 Å². The fraction of sp³-hybridized carbons (Fsp3) is 0.900. The van der Waals surface area contributed by atoms with E-state index in [-0.39, 0.29) is 11.4 Å². The maximum Gasteiger partial charge on any atom is 0.313 e. The molecule has 0 aromatic heterocycles. The number of carbonyl (C=O) groups is 1. The molecule has 1 aliphatic rings. The lowest BCUT2D eigenvalue weighted by Crippen LogP contribution is -2.41. The Bertz CT molecular complexity index is 183. The van der Waals surface area contributed by atoms with E-state index in [4.69, 9.17) is 10.5 Å². The second kappa shape index (κ2) is 4.09. The van der Waals surface area contributed by atoms with Gasteiger partial charge in [0.05, 0.1) is 12.0 Å². The maximum absolute atomic E-state index is 11.7. The van der Waals surface area contributed by atoms with Crippen LogP contribution in [-0.2, 0) is 9.53 Å². The molecule has 13 heavy (non-hydrogen) atoms. The third-order valence-corrected chi connectivity index (χ3v) is 3.04. The minimum Gasteiger partial charge on any atom is -0.466 e. The van der Waals surface area contributed by atoms with Gasteiger partial charge < -0.3 is 10.5 Å². The first-order valence-corrected chi connectivity index (χ1v) is 5.08. The Labute approximate surface area is 79.6 Å². The molecule has 0 heterocycles. The van der Waals surface area contributed by atoms with Gasteiger partial charge in [-0.05, 0) is 32.1 Å². The smallest absolute Gasteiger partial charge is 0.313 e. The number of hydrogen-bond donors (Lipinski definition) is 1. The van der Waals surface area contributed by atoms with Crippen LogP contribution in [0, 0.1) is 11.3 Å². The first-order chi connectivity index (χ1) is 6.21. The molecule has 3 heteroatoms. The van der Waals surface area contributed by atoms with Crippen LogP contribution in [0.3, 0.4) is 0 Å². The highest BCUT2D eigenvalue weighted by Crippen LogP contribution is 2.47. The summed E-state index contributed by atoms with van der Waals surface area (Å²) in [6, 6.07) is 0. The molecule has 1 saturated carbocycles. The first kappa shape index (κ1) is 10.5. The minimum atomic E-state index is -0.379. The Morgan fingerprint density at radius 2 is 2.15 bits per heavy atom. The molecular weight excluding hydrogens is 166 g/mol. The molecule has 0 aliphatic heterocycles. The summed E-state index contributed by atoms with van der Waals surface area (Å²) < 4.78 is 5.07. The average Bonchev–Trinajstić information content (AvgIpc) is 2.92. The van der Waals surface area contributed by atoms with E-state index < -0.39 is 0 Å². The van der Waals surface area contributed by atoms with Crippen LogP contribution >= 0.6 is 0 Å². The molecule has 1 unspecified atom stereocenters. The number of nitrogens with two attached hydrogens (primary N) is 1. The number of ether oxygens (including phenoxy) is 1. The van der Waals surface area contributed by atoms with E-state index in [1.54, 1.807) is 0 Å². The maximum atomic E-state index is 11.7. The summed E-state index contributed by atoms with van der Waals surface area (Å²) in [6.07, 6.45) is 3.06. The third-order valence-electron chi connectivity index (χ3n) is 3.04. The molecule has 1 aliphatic carbocycles. The molecule has 0 radical (unpaired) electrons. The Morgan fingerprint density at radius 3 is 2.46 bits per heavy atom. The van der Waals surface area contributed by atoms with Gasteiger partial charge in [0.1, 0.15) is 0 Å². The average molecular weight is 185 g/mol. The van der Waals surface area contributed by atoms with Gasteiger partial charge in [0, 0.05) is 6.54 Å². The summed E-state index contributed by atoms with van der Waals surface area (Å²) in [4.78, 5) is 11.7. The van der Waals surface area contributed by atoms with Gasteiger partial charge in [-0.25, -0.2) is 0 Å². The largest absolute Gasteiger partial charge is 0.466 e. The predicted octanol–water partition coefficient (Wildman–Crippen LogP) is 1.31. The van der Waals surface area contributed by atoms with Crippen LogP contribution in [0.25, 0.3) is 0 Å². The van der Waals surface area contributed by atoms with Gasteiger partial charge in [-0.2, -0.15) is 0 Å². The fourth-order valence-electron chi connectivity index (χ4n) is 1.90. The van der Waals surface area contributed by atoms with Crippen molar-refractivity contribution < 1.29 is 9.53 Å². The number of carbonyl (C=O) groups excluding carboxylic acids is 1. The molecule has 1 fully saturated rings. The zero-order valence-electron chi connectivity index (χ0n) is 8.51. The van der Waals surface area contributed by atoms with Crippen LogP contribution < -0.4 is 5.73 Å². The van der Waals surface area contributed by atoms with Crippen LogP contribution in [0.2, 0.25) is 0 Å². The molecule has 0 aromatic rings. The fourth-order valence-corrected chi connectivity index (χ4v) is 1.90. The molecule has 0 aromatic carbocycles. The summed E-state index contributed by atoms with van der Waals surface area (Å²) in [7, 11) is 0. The van der Waals surface area contributed by atoms with Gasteiger partial charge in [0.2, 0.25) is 0 Å². The normalized spacial score (nSPS) is 20.8. The molecule has 2 N–H and O–H groups in total. The summed E-state index contributed by atoms with van der Waals surface area (Å²) in [5.74, 6) is 0.379. The van der Waals surface area contributed by atoms with Crippen molar-refractivity contribution in [3.8, 4) is 0 Å². The second-order valence-corrected chi connectivity index (χ2v) is 3.71. The summed E-state index contributed by atoms with van der Waals surface area (Å²) in [5.41, 5.74) is 5.31. The third kappa shape index (κ3) is 1.85. The Kier molecular flexibility index (Phi) is 3.31. The van der Waals surface area contributed by atoms with Crippen molar-refractivity contribution in [1.29, 1.82) is 0 Å². The lowest BCUT2D eigenvalue weighted by molar-refractivity contribution is -0.156. The lowest BCUT2D eigenvalue weighted by Gasteiger charge is -2.28. The van der Waals surface area contributed by atoms with E-state index in [1.165, 1.54) is 0 Å². The number of esters is 1. The van der Waals surface area contributed by atoms with Crippen molar-refractivity contribution in [3.63, 3.8) is 0 Å². The van der Waals surface area contributed by atoms with Gasteiger partial charge in [0.25, 0.3) is 0 Å². The number of hydrogen-bond acceptors (Lipinski definition) is 3. The second-order valence-electron chi connectivity index (χ2n) is 3.71. The molecule has 76 valence electrons. The SMILES string of the molecule is CCOC(=O)C(CC)(CN)C1CC1. The standard InChI is InChI=1S/C10H19NO2/c1-3-10(7-11,8-5-6-8)9(12)13-4-2/h8H,3-7,11H2,1-2H3. The van der Waals surface area contributed by atoms with Gasteiger partial charge in [-0.1, -0.05) is 6.92 Å². The quantitative estimate of drug-likeness (QED) is 0.657. The van der Waals surface area contributed by atoms with Crippen molar-refractivity contribution in [2.45, 2.75) is 33.1 Å². The van der Waals surface area contributed by atoms with E-state index in [0.29, 0.717) is 19.1 Å². The highest BCUT2D eigenvalue weighted by Gasteiger charge is 2.49. The van der Waals surface area contributed by atoms with E-state index >= 15 is 0 Å². The van der Waals surface area contributed by atoms with Crippen molar-refractivity contribution >= 4 is 5.97 Å². The molecule has 0 spiro atoms. The summed E-state index contributed by atoms with van der Waals surface area (Å²) in [6.45, 7) is 4.73. The monoisotopic (exact) mass is 185 g/mol. The van der Waals surface area contributed by atoms with Crippen LogP contribution in [0.5, 0.6) is 0 Å². The van der Waals surface area contributed by atoms with Gasteiger partial charge in [-0.15, -0.1) is 0 Å². The first-order valence-electron chi connectivity index (χ1n) is 5.08. The van der Waals surface area contributed by atoms with Crippen molar-refractivity contribution in [2.24, 2.45) is 17.1 Å². The Balaban J connectivity index is 2.69. The lowest BCUT2D eigenvalue weighted by atomic mass is 9.80. The molecule has 1 rings (SSSR count). The van der Waals surface area contributed by atoms with Crippen LogP contribution in [0.4, 0.5) is 0 Å². The summed E-state index contributed by atoms with van der Waals surface area (Å²) >= 11 is 0. The zero-order chi connectivity index (χ0) is 9.90. The molecule has 3 nitrogen and oxygen atoms in total. The van der Waals surface area contributed by atoms with E-state index in [0.717, 1.165) is 19.3 Å². The van der Waals surface area contributed by atoms with Gasteiger partial charge in [-0.3, -0.25) is 4.79 Å². The predicted molar refractivity (Wildman–Crippen MR) is 51.1 cm³/mol. The highest BCUT2D eigenvalue weighted by molar-refractivity contribution is 5.78. The number of rotatable bonds is 5. The topological polar surface area (TPSA) is 52.3 Å². The van der Waals surface area contributed by atoms with E-state index in [1.807, 2.05) is 13.8 Å². The molecule has 0 amide bonds. The van der Waals surface area contributed by atoms with Crippen molar-refractivity contribution in [1.82, 2.24) is 0 Å². The van der Waals surface area contributed by atoms with E-state index in [2.05, 4.69) is 0 Å². The molecular formula is C10H19NO2. The van der Waals surface area contributed by atoms with Crippen molar-refractivity contribution in [2.75, 3.05) is 13.2 Å².